The number of hydrogen-bond acceptors (Lipinski definition) is 6. The number of unbranched alkanes of at least 4 members (excludes halogenated alkanes) is 1. The quantitative estimate of drug-likeness (QED) is 0.0942. The van der Waals surface area contributed by atoms with E-state index in [0.29, 0.717) is 37.2 Å². The third-order valence-corrected chi connectivity index (χ3v) is 8.90. The van der Waals surface area contributed by atoms with Gasteiger partial charge in [0.05, 0.1) is 17.6 Å². The van der Waals surface area contributed by atoms with E-state index in [0.717, 1.165) is 50.3 Å². The SMILES string of the molecule is CCCC[C@@H](NC(=O)c1ccccc1)[C@@H](O)[C@H](O)[C@H](Cc1cc(F)cc(F)c1)NC(=O)[C@@H](CCC(CCC)CCC)NC(=O)c1cccnc1. The first kappa shape index (κ1) is 40.2. The fourth-order valence-electron chi connectivity index (χ4n) is 6.25. The molecule has 0 bridgehead atoms. The van der Waals surface area contributed by atoms with Crippen molar-refractivity contribution in [3.05, 3.63) is 101 Å². The van der Waals surface area contributed by atoms with Crippen LogP contribution in [0.4, 0.5) is 8.78 Å². The summed E-state index contributed by atoms with van der Waals surface area (Å²) in [5.74, 6) is -2.92. The van der Waals surface area contributed by atoms with Gasteiger partial charge in [-0.15, -0.1) is 0 Å². The van der Waals surface area contributed by atoms with E-state index in [1.807, 2.05) is 6.92 Å². The second-order valence-corrected chi connectivity index (χ2v) is 13.0. The van der Waals surface area contributed by atoms with Gasteiger partial charge in [0.15, 0.2) is 0 Å². The molecule has 2 aromatic carbocycles. The maximum Gasteiger partial charge on any atom is 0.253 e. The summed E-state index contributed by atoms with van der Waals surface area (Å²) < 4.78 is 28.5. The molecule has 0 fully saturated rings. The number of carbonyl (C=O) groups excluding carboxylic acids is 3. The van der Waals surface area contributed by atoms with Crippen LogP contribution in [0, 0.1) is 17.6 Å². The molecule has 3 aromatic rings. The number of hydrogen-bond donors (Lipinski definition) is 5. The summed E-state index contributed by atoms with van der Waals surface area (Å²) >= 11 is 0. The zero-order valence-corrected chi connectivity index (χ0v) is 29.3. The summed E-state index contributed by atoms with van der Waals surface area (Å²) in [6, 6.07) is 11.3. The standard InChI is InChI=1S/C39H52F2N4O5/c1-4-7-17-32(43-37(48)28-14-9-8-10-15-28)35(46)36(47)34(23-27-21-30(40)24-31(41)22-27)45-39(50)33(19-18-26(12-5-2)13-6-3)44-38(49)29-16-11-20-42-25-29/h8-11,14-16,20-22,24-26,32-36,46-47H,4-7,12-13,17-19,23H2,1-3H3,(H,43,48)(H,44,49)(H,45,50)/t32-,33-,34+,35-,36-/m1/s1. The van der Waals surface area contributed by atoms with Crippen LogP contribution < -0.4 is 16.0 Å². The highest BCUT2D eigenvalue weighted by atomic mass is 19.1. The Morgan fingerprint density at radius 3 is 1.92 bits per heavy atom. The Kier molecular flexibility index (Phi) is 17.0. The van der Waals surface area contributed by atoms with Gasteiger partial charge in [0.2, 0.25) is 5.91 Å². The van der Waals surface area contributed by atoms with Crippen molar-refractivity contribution >= 4 is 17.7 Å². The Morgan fingerprint density at radius 1 is 0.700 bits per heavy atom. The number of aliphatic hydroxyl groups is 2. The number of nitrogens with one attached hydrogen (secondary N) is 3. The van der Waals surface area contributed by atoms with Crippen LogP contribution in [-0.2, 0) is 11.2 Å². The number of aromatic nitrogens is 1. The van der Waals surface area contributed by atoms with Crippen molar-refractivity contribution in [3.63, 3.8) is 0 Å². The zero-order valence-electron chi connectivity index (χ0n) is 29.3. The van der Waals surface area contributed by atoms with Crippen molar-refractivity contribution < 1.29 is 33.4 Å². The molecule has 0 unspecified atom stereocenters. The monoisotopic (exact) mass is 694 g/mol. The lowest BCUT2D eigenvalue weighted by Crippen LogP contribution is -2.59. The average molecular weight is 695 g/mol. The summed E-state index contributed by atoms with van der Waals surface area (Å²) in [4.78, 5) is 44.4. The molecule has 0 radical (unpaired) electrons. The molecule has 5 N–H and O–H groups in total. The lowest BCUT2D eigenvalue weighted by molar-refractivity contribution is -0.125. The molecule has 3 rings (SSSR count). The van der Waals surface area contributed by atoms with E-state index in [4.69, 9.17) is 0 Å². The third kappa shape index (κ3) is 12.9. The highest BCUT2D eigenvalue weighted by Gasteiger charge is 2.36. The van der Waals surface area contributed by atoms with E-state index in [-0.39, 0.29) is 17.5 Å². The number of aliphatic hydroxyl groups excluding tert-OH is 2. The predicted molar refractivity (Wildman–Crippen MR) is 189 cm³/mol. The Labute approximate surface area is 294 Å². The number of amides is 3. The molecule has 11 heteroatoms. The van der Waals surface area contributed by atoms with Crippen molar-refractivity contribution in [3.8, 4) is 0 Å². The minimum absolute atomic E-state index is 0.138. The van der Waals surface area contributed by atoms with Gasteiger partial charge in [-0.05, 0) is 73.6 Å². The molecular formula is C39H52F2N4O5. The van der Waals surface area contributed by atoms with Gasteiger partial charge in [0.1, 0.15) is 29.9 Å². The number of rotatable bonds is 21. The third-order valence-electron chi connectivity index (χ3n) is 8.90. The molecule has 0 aliphatic carbocycles. The van der Waals surface area contributed by atoms with Gasteiger partial charge in [-0.25, -0.2) is 8.78 Å². The van der Waals surface area contributed by atoms with Crippen LogP contribution in [0.5, 0.6) is 0 Å². The number of benzene rings is 2. The van der Waals surface area contributed by atoms with Crippen molar-refractivity contribution in [2.45, 2.75) is 115 Å². The molecule has 1 heterocycles. The number of pyridine rings is 1. The lowest BCUT2D eigenvalue weighted by atomic mass is 9.90. The minimum atomic E-state index is -1.68. The van der Waals surface area contributed by atoms with Crippen LogP contribution in [0.3, 0.4) is 0 Å². The van der Waals surface area contributed by atoms with E-state index in [9.17, 15) is 33.4 Å². The van der Waals surface area contributed by atoms with Gasteiger partial charge in [-0.1, -0.05) is 77.5 Å². The van der Waals surface area contributed by atoms with Gasteiger partial charge in [0.25, 0.3) is 11.8 Å². The molecule has 0 saturated heterocycles. The smallest absolute Gasteiger partial charge is 0.253 e. The largest absolute Gasteiger partial charge is 0.388 e. The van der Waals surface area contributed by atoms with Crippen molar-refractivity contribution in [1.29, 1.82) is 0 Å². The molecule has 0 spiro atoms. The number of nitrogens with zero attached hydrogens (tertiary/aromatic N) is 1. The van der Waals surface area contributed by atoms with E-state index < -0.39 is 59.7 Å². The predicted octanol–water partition coefficient (Wildman–Crippen LogP) is 5.89. The molecule has 0 aliphatic rings. The summed E-state index contributed by atoms with van der Waals surface area (Å²) in [5, 5.41) is 31.7. The van der Waals surface area contributed by atoms with Crippen LogP contribution in [0.2, 0.25) is 0 Å². The molecule has 5 atom stereocenters. The highest BCUT2D eigenvalue weighted by molar-refractivity contribution is 5.97. The van der Waals surface area contributed by atoms with Gasteiger partial charge in [0, 0.05) is 24.0 Å². The van der Waals surface area contributed by atoms with Crippen molar-refractivity contribution in [1.82, 2.24) is 20.9 Å². The molecule has 50 heavy (non-hydrogen) atoms. The van der Waals surface area contributed by atoms with Gasteiger partial charge >= 0.3 is 0 Å². The molecular weight excluding hydrogens is 642 g/mol. The Balaban J connectivity index is 1.93. The topological polar surface area (TPSA) is 141 Å². The van der Waals surface area contributed by atoms with E-state index in [2.05, 4.69) is 34.8 Å². The van der Waals surface area contributed by atoms with Gasteiger partial charge < -0.3 is 26.2 Å². The second-order valence-electron chi connectivity index (χ2n) is 13.0. The molecule has 3 amide bonds. The summed E-state index contributed by atoms with van der Waals surface area (Å²) in [6.07, 6.45) is 5.95. The first-order valence-electron chi connectivity index (χ1n) is 17.7. The number of carbonyl (C=O) groups is 3. The molecule has 0 aliphatic heterocycles. The van der Waals surface area contributed by atoms with Crippen molar-refractivity contribution in [2.24, 2.45) is 5.92 Å². The second kappa shape index (κ2) is 21.1. The molecule has 9 nitrogen and oxygen atoms in total. The van der Waals surface area contributed by atoms with Crippen LogP contribution in [0.15, 0.2) is 73.1 Å². The minimum Gasteiger partial charge on any atom is -0.388 e. The summed E-state index contributed by atoms with van der Waals surface area (Å²) in [6.45, 7) is 6.14. The Bertz CT molecular complexity index is 1450. The van der Waals surface area contributed by atoms with E-state index >= 15 is 0 Å². The summed E-state index contributed by atoms with van der Waals surface area (Å²) in [7, 11) is 0. The fraction of sp³-hybridized carbons (Fsp3) is 0.487. The maximum atomic E-state index is 14.3. The van der Waals surface area contributed by atoms with Crippen LogP contribution in [0.1, 0.15) is 105 Å². The fourth-order valence-corrected chi connectivity index (χ4v) is 6.25. The first-order chi connectivity index (χ1) is 24.1. The van der Waals surface area contributed by atoms with Gasteiger partial charge in [-0.3, -0.25) is 19.4 Å². The van der Waals surface area contributed by atoms with Crippen molar-refractivity contribution in [2.75, 3.05) is 0 Å². The number of halogens is 2. The van der Waals surface area contributed by atoms with E-state index in [1.54, 1.807) is 42.5 Å². The molecule has 0 saturated carbocycles. The lowest BCUT2D eigenvalue weighted by Gasteiger charge is -2.34. The average Bonchev–Trinajstić information content (AvgIpc) is 3.11. The van der Waals surface area contributed by atoms with E-state index in [1.165, 1.54) is 12.4 Å². The van der Waals surface area contributed by atoms with Crippen LogP contribution >= 0.6 is 0 Å². The first-order valence-corrected chi connectivity index (χ1v) is 17.7. The van der Waals surface area contributed by atoms with Crippen LogP contribution in [-0.4, -0.2) is 63.3 Å². The summed E-state index contributed by atoms with van der Waals surface area (Å²) in [5.41, 5.74) is 0.769. The molecule has 1 aromatic heterocycles. The van der Waals surface area contributed by atoms with Gasteiger partial charge in [-0.2, -0.15) is 0 Å². The zero-order chi connectivity index (χ0) is 36.5. The van der Waals surface area contributed by atoms with Crippen LogP contribution in [0.25, 0.3) is 0 Å². The highest BCUT2D eigenvalue weighted by Crippen LogP contribution is 2.22. The molecule has 272 valence electrons. The Hall–Kier alpha value is -4.22. The normalized spacial score (nSPS) is 14.3. The Morgan fingerprint density at radius 2 is 1.32 bits per heavy atom. The maximum absolute atomic E-state index is 14.3.